The number of nitrogens with zero attached hydrogens (tertiary/aromatic N) is 4. The van der Waals surface area contributed by atoms with Crippen molar-refractivity contribution in [3.8, 4) is 0 Å². The SMILES string of the molecule is Cc1ccnc(Sc2nc3sccn3c2CO)n1. The Kier molecular flexibility index (Phi) is 3.02. The molecule has 0 atom stereocenters. The van der Waals surface area contributed by atoms with Gasteiger partial charge in [-0.15, -0.1) is 11.3 Å². The molecule has 0 fully saturated rings. The number of rotatable bonds is 3. The zero-order valence-electron chi connectivity index (χ0n) is 9.57. The highest BCUT2D eigenvalue weighted by molar-refractivity contribution is 7.99. The Morgan fingerprint density at radius 2 is 2.33 bits per heavy atom. The van der Waals surface area contributed by atoms with E-state index < -0.39 is 0 Å². The van der Waals surface area contributed by atoms with Crippen molar-refractivity contribution in [3.63, 3.8) is 0 Å². The molecule has 18 heavy (non-hydrogen) atoms. The fraction of sp³-hybridized carbons (Fsp3) is 0.182. The zero-order chi connectivity index (χ0) is 12.5. The summed E-state index contributed by atoms with van der Waals surface area (Å²) in [6.07, 6.45) is 3.63. The molecule has 92 valence electrons. The van der Waals surface area contributed by atoms with Gasteiger partial charge in [0, 0.05) is 23.5 Å². The Morgan fingerprint density at radius 1 is 1.44 bits per heavy atom. The molecule has 0 aromatic carbocycles. The predicted molar refractivity (Wildman–Crippen MR) is 69.9 cm³/mol. The topological polar surface area (TPSA) is 63.3 Å². The van der Waals surface area contributed by atoms with Gasteiger partial charge in [-0.05, 0) is 24.8 Å². The molecule has 0 radical (unpaired) electrons. The lowest BCUT2D eigenvalue weighted by Gasteiger charge is -2.00. The summed E-state index contributed by atoms with van der Waals surface area (Å²) in [7, 11) is 0. The van der Waals surface area contributed by atoms with Crippen LogP contribution in [-0.2, 0) is 6.61 Å². The van der Waals surface area contributed by atoms with Crippen LogP contribution < -0.4 is 0 Å². The van der Waals surface area contributed by atoms with Crippen molar-refractivity contribution in [1.29, 1.82) is 0 Å². The quantitative estimate of drug-likeness (QED) is 0.744. The maximum atomic E-state index is 9.45. The molecule has 3 rings (SSSR count). The number of hydrogen-bond donors (Lipinski definition) is 1. The maximum absolute atomic E-state index is 9.45. The van der Waals surface area contributed by atoms with E-state index in [9.17, 15) is 5.11 Å². The lowest BCUT2D eigenvalue weighted by atomic mass is 10.5. The van der Waals surface area contributed by atoms with Crippen LogP contribution in [0.25, 0.3) is 4.96 Å². The number of imidazole rings is 1. The van der Waals surface area contributed by atoms with Crippen molar-refractivity contribution in [3.05, 3.63) is 35.2 Å². The standard InChI is InChI=1S/C11H10N4OS2/c1-7-2-3-12-10(13-7)18-9-8(6-16)15-4-5-17-11(15)14-9/h2-5,16H,6H2,1H3. The minimum absolute atomic E-state index is 0.0496. The van der Waals surface area contributed by atoms with Gasteiger partial charge in [-0.1, -0.05) is 0 Å². The minimum atomic E-state index is -0.0496. The third kappa shape index (κ3) is 2.00. The Balaban J connectivity index is 2.01. The van der Waals surface area contributed by atoms with Crippen molar-refractivity contribution in [2.24, 2.45) is 0 Å². The summed E-state index contributed by atoms with van der Waals surface area (Å²) >= 11 is 2.91. The van der Waals surface area contributed by atoms with E-state index in [1.54, 1.807) is 6.20 Å². The first-order valence-electron chi connectivity index (χ1n) is 5.30. The maximum Gasteiger partial charge on any atom is 0.195 e. The summed E-state index contributed by atoms with van der Waals surface area (Å²) in [5.41, 5.74) is 1.69. The van der Waals surface area contributed by atoms with Crippen molar-refractivity contribution < 1.29 is 5.11 Å². The molecule has 3 heterocycles. The van der Waals surface area contributed by atoms with Crippen LogP contribution in [0.5, 0.6) is 0 Å². The third-order valence-electron chi connectivity index (χ3n) is 2.43. The molecule has 0 saturated carbocycles. The van der Waals surface area contributed by atoms with Crippen LogP contribution in [0.15, 0.2) is 34.0 Å². The molecule has 0 aliphatic rings. The van der Waals surface area contributed by atoms with Crippen molar-refractivity contribution in [1.82, 2.24) is 19.4 Å². The molecule has 0 saturated heterocycles. The number of aliphatic hydroxyl groups is 1. The highest BCUT2D eigenvalue weighted by Crippen LogP contribution is 2.29. The van der Waals surface area contributed by atoms with Crippen LogP contribution in [0, 0.1) is 6.92 Å². The summed E-state index contributed by atoms with van der Waals surface area (Å²) in [5, 5.41) is 12.8. The monoisotopic (exact) mass is 278 g/mol. The zero-order valence-corrected chi connectivity index (χ0v) is 11.2. The van der Waals surface area contributed by atoms with E-state index in [2.05, 4.69) is 15.0 Å². The van der Waals surface area contributed by atoms with E-state index in [1.165, 1.54) is 23.1 Å². The molecule has 1 N–H and O–H groups in total. The van der Waals surface area contributed by atoms with E-state index in [0.29, 0.717) is 5.16 Å². The van der Waals surface area contributed by atoms with E-state index in [0.717, 1.165) is 21.4 Å². The lowest BCUT2D eigenvalue weighted by molar-refractivity contribution is 0.272. The molecule has 3 aromatic rings. The largest absolute Gasteiger partial charge is 0.390 e. The van der Waals surface area contributed by atoms with Crippen LogP contribution >= 0.6 is 23.1 Å². The third-order valence-corrected chi connectivity index (χ3v) is 4.09. The van der Waals surface area contributed by atoms with Gasteiger partial charge in [0.2, 0.25) is 0 Å². The lowest BCUT2D eigenvalue weighted by Crippen LogP contribution is -1.93. The van der Waals surface area contributed by atoms with Gasteiger partial charge >= 0.3 is 0 Å². The van der Waals surface area contributed by atoms with Crippen molar-refractivity contribution in [2.75, 3.05) is 0 Å². The number of aliphatic hydroxyl groups excluding tert-OH is 1. The first-order valence-corrected chi connectivity index (χ1v) is 7.00. The Bertz CT molecular complexity index is 691. The van der Waals surface area contributed by atoms with E-state index in [1.807, 2.05) is 29.0 Å². The Labute approximate surface area is 112 Å². The van der Waals surface area contributed by atoms with Gasteiger partial charge < -0.3 is 5.11 Å². The minimum Gasteiger partial charge on any atom is -0.390 e. The normalized spacial score (nSPS) is 11.2. The van der Waals surface area contributed by atoms with E-state index in [4.69, 9.17) is 0 Å². The Morgan fingerprint density at radius 3 is 3.11 bits per heavy atom. The van der Waals surface area contributed by atoms with Gasteiger partial charge in [-0.3, -0.25) is 4.40 Å². The smallest absolute Gasteiger partial charge is 0.195 e. The molecule has 0 amide bonds. The second-order valence-electron chi connectivity index (χ2n) is 3.66. The second kappa shape index (κ2) is 4.68. The fourth-order valence-electron chi connectivity index (χ4n) is 1.60. The van der Waals surface area contributed by atoms with Gasteiger partial charge in [0.15, 0.2) is 10.1 Å². The first-order chi connectivity index (χ1) is 8.78. The van der Waals surface area contributed by atoms with Crippen molar-refractivity contribution >= 4 is 28.1 Å². The van der Waals surface area contributed by atoms with Crippen LogP contribution in [-0.4, -0.2) is 24.5 Å². The second-order valence-corrected chi connectivity index (χ2v) is 5.49. The highest BCUT2D eigenvalue weighted by Gasteiger charge is 2.14. The summed E-state index contributed by atoms with van der Waals surface area (Å²) in [4.78, 5) is 13.9. The van der Waals surface area contributed by atoms with Crippen LogP contribution in [0.2, 0.25) is 0 Å². The van der Waals surface area contributed by atoms with E-state index in [-0.39, 0.29) is 6.61 Å². The fourth-order valence-corrected chi connectivity index (χ4v) is 3.28. The Hall–Kier alpha value is -1.44. The molecule has 3 aromatic heterocycles. The molecule has 0 aliphatic carbocycles. The molecule has 7 heteroatoms. The first kappa shape index (κ1) is 11.6. The number of fused-ring (bicyclic) bond motifs is 1. The molecule has 5 nitrogen and oxygen atoms in total. The van der Waals surface area contributed by atoms with Crippen molar-refractivity contribution in [2.45, 2.75) is 23.7 Å². The summed E-state index contributed by atoms with van der Waals surface area (Å²) in [6.45, 7) is 1.87. The predicted octanol–water partition coefficient (Wildman–Crippen LogP) is 2.14. The summed E-state index contributed by atoms with van der Waals surface area (Å²) in [5.74, 6) is 0. The number of aryl methyl sites for hydroxylation is 1. The summed E-state index contributed by atoms with van der Waals surface area (Å²) in [6, 6.07) is 1.85. The van der Waals surface area contributed by atoms with Crippen LogP contribution in [0.4, 0.5) is 0 Å². The molecule has 0 aliphatic heterocycles. The van der Waals surface area contributed by atoms with Gasteiger partial charge in [-0.2, -0.15) is 0 Å². The average Bonchev–Trinajstić information content (AvgIpc) is 2.89. The molecule has 0 bridgehead atoms. The number of thiazole rings is 1. The highest BCUT2D eigenvalue weighted by atomic mass is 32.2. The van der Waals surface area contributed by atoms with Crippen LogP contribution in [0.3, 0.4) is 0 Å². The molecule has 0 spiro atoms. The van der Waals surface area contributed by atoms with Gasteiger partial charge in [0.1, 0.15) is 5.03 Å². The molecule has 0 unspecified atom stereocenters. The number of aromatic nitrogens is 4. The average molecular weight is 278 g/mol. The molecular weight excluding hydrogens is 268 g/mol. The van der Waals surface area contributed by atoms with E-state index >= 15 is 0 Å². The van der Waals surface area contributed by atoms with Gasteiger partial charge in [0.05, 0.1) is 12.3 Å². The van der Waals surface area contributed by atoms with Crippen LogP contribution in [0.1, 0.15) is 11.4 Å². The molecular formula is C11H10N4OS2. The van der Waals surface area contributed by atoms with Gasteiger partial charge in [-0.25, -0.2) is 15.0 Å². The van der Waals surface area contributed by atoms with Gasteiger partial charge in [0.25, 0.3) is 0 Å². The number of hydrogen-bond acceptors (Lipinski definition) is 6. The summed E-state index contributed by atoms with van der Waals surface area (Å²) < 4.78 is 1.89.